The lowest BCUT2D eigenvalue weighted by Gasteiger charge is -2.28. The average Bonchev–Trinajstić information content (AvgIpc) is 2.55. The second-order valence-electron chi connectivity index (χ2n) is 5.00. The lowest BCUT2D eigenvalue weighted by atomic mass is 10.2. The number of anilines is 1. The maximum atomic E-state index is 13.1. The molecule has 122 valence electrons. The van der Waals surface area contributed by atoms with Crippen LogP contribution in [0.1, 0.15) is 5.69 Å². The Balaban J connectivity index is 2.03. The van der Waals surface area contributed by atoms with Gasteiger partial charge in [-0.25, -0.2) is 9.97 Å². The van der Waals surface area contributed by atoms with Crippen molar-refractivity contribution in [2.24, 2.45) is 0 Å². The summed E-state index contributed by atoms with van der Waals surface area (Å²) in [4.78, 5) is 13.4. The van der Waals surface area contributed by atoms with E-state index in [-0.39, 0.29) is 11.6 Å². The van der Waals surface area contributed by atoms with Crippen molar-refractivity contribution >= 4 is 16.6 Å². The maximum Gasteiger partial charge on any atom is 0.433 e. The number of halogens is 3. The van der Waals surface area contributed by atoms with E-state index in [2.05, 4.69) is 15.0 Å². The van der Waals surface area contributed by atoms with Crippen LogP contribution in [0.5, 0.6) is 0 Å². The van der Waals surface area contributed by atoms with Crippen LogP contribution in [0.2, 0.25) is 0 Å². The minimum Gasteiger partial charge on any atom is -0.355 e. The Morgan fingerprint density at radius 2 is 1.74 bits per heavy atom. The van der Waals surface area contributed by atoms with Crippen molar-refractivity contribution in [1.29, 1.82) is 0 Å². The van der Waals surface area contributed by atoms with Crippen LogP contribution in [0.25, 0.3) is 11.4 Å². The molecule has 23 heavy (non-hydrogen) atoms. The molecule has 0 atom stereocenters. The van der Waals surface area contributed by atoms with Crippen molar-refractivity contribution in [3.63, 3.8) is 0 Å². The van der Waals surface area contributed by atoms with Crippen LogP contribution in [-0.2, 0) is 17.0 Å². The fraction of sp³-hybridized carbons (Fsp3) is 0.357. The van der Waals surface area contributed by atoms with Gasteiger partial charge in [0, 0.05) is 59.4 Å². The van der Waals surface area contributed by atoms with Crippen LogP contribution in [0.15, 0.2) is 30.6 Å². The standard InChI is InChI=1S/C14H13F3N4OS/c15-14(16,17)11-9-12(21-5-7-23(22)8-6-21)20-13(19-11)10-1-3-18-4-2-10/h1-4,9H,5-8H2. The van der Waals surface area contributed by atoms with Crippen molar-refractivity contribution in [2.45, 2.75) is 6.18 Å². The molecule has 0 N–H and O–H groups in total. The van der Waals surface area contributed by atoms with Gasteiger partial charge in [0.2, 0.25) is 0 Å². The van der Waals surface area contributed by atoms with E-state index in [1.807, 2.05) is 0 Å². The molecule has 0 unspecified atom stereocenters. The van der Waals surface area contributed by atoms with Gasteiger partial charge in [-0.1, -0.05) is 0 Å². The van der Waals surface area contributed by atoms with Crippen molar-refractivity contribution < 1.29 is 17.4 Å². The molecule has 1 fully saturated rings. The van der Waals surface area contributed by atoms with E-state index in [1.165, 1.54) is 12.4 Å². The minimum atomic E-state index is -4.56. The predicted molar refractivity (Wildman–Crippen MR) is 80.4 cm³/mol. The normalized spacial score (nSPS) is 16.6. The molecule has 1 aliphatic rings. The van der Waals surface area contributed by atoms with E-state index < -0.39 is 22.7 Å². The van der Waals surface area contributed by atoms with E-state index in [0.29, 0.717) is 30.2 Å². The molecular weight excluding hydrogens is 329 g/mol. The molecule has 9 heteroatoms. The number of nitrogens with zero attached hydrogens (tertiary/aromatic N) is 4. The fourth-order valence-electron chi connectivity index (χ4n) is 2.24. The predicted octanol–water partition coefficient (Wildman–Crippen LogP) is 2.13. The Kier molecular flexibility index (Phi) is 4.29. The lowest BCUT2D eigenvalue weighted by molar-refractivity contribution is -0.141. The van der Waals surface area contributed by atoms with Gasteiger partial charge in [0.05, 0.1) is 0 Å². The first-order valence-electron chi connectivity index (χ1n) is 6.90. The van der Waals surface area contributed by atoms with Crippen LogP contribution in [0.3, 0.4) is 0 Å². The molecule has 0 aromatic carbocycles. The lowest BCUT2D eigenvalue weighted by Crippen LogP contribution is -2.38. The smallest absolute Gasteiger partial charge is 0.355 e. The van der Waals surface area contributed by atoms with Crippen molar-refractivity contribution in [3.8, 4) is 11.4 Å². The fourth-order valence-corrected chi connectivity index (χ4v) is 3.29. The van der Waals surface area contributed by atoms with E-state index in [4.69, 9.17) is 0 Å². The summed E-state index contributed by atoms with van der Waals surface area (Å²) in [7, 11) is -0.914. The Hall–Kier alpha value is -2.03. The molecule has 0 radical (unpaired) electrons. The third kappa shape index (κ3) is 3.66. The zero-order valence-electron chi connectivity index (χ0n) is 12.0. The van der Waals surface area contributed by atoms with Gasteiger partial charge in [-0.15, -0.1) is 0 Å². The van der Waals surface area contributed by atoms with Crippen LogP contribution >= 0.6 is 0 Å². The van der Waals surface area contributed by atoms with Crippen molar-refractivity contribution in [1.82, 2.24) is 15.0 Å². The highest BCUT2D eigenvalue weighted by Crippen LogP contribution is 2.31. The summed E-state index contributed by atoms with van der Waals surface area (Å²) in [5.41, 5.74) is -0.519. The highest BCUT2D eigenvalue weighted by Gasteiger charge is 2.34. The second-order valence-corrected chi connectivity index (χ2v) is 6.70. The Morgan fingerprint density at radius 1 is 1.09 bits per heavy atom. The molecule has 1 saturated heterocycles. The first kappa shape index (κ1) is 15.9. The number of hydrogen-bond donors (Lipinski definition) is 0. The highest BCUT2D eigenvalue weighted by molar-refractivity contribution is 7.85. The van der Waals surface area contributed by atoms with Crippen molar-refractivity contribution in [2.75, 3.05) is 29.5 Å². The summed E-state index contributed by atoms with van der Waals surface area (Å²) >= 11 is 0. The van der Waals surface area contributed by atoms with Crippen molar-refractivity contribution in [3.05, 3.63) is 36.3 Å². The summed E-state index contributed by atoms with van der Waals surface area (Å²) in [6.45, 7) is 0.827. The molecule has 0 spiro atoms. The Morgan fingerprint density at radius 3 is 2.35 bits per heavy atom. The number of aromatic nitrogens is 3. The summed E-state index contributed by atoms with van der Waals surface area (Å²) in [5.74, 6) is 1.06. The number of rotatable bonds is 2. The van der Waals surface area contributed by atoms with Gasteiger partial charge >= 0.3 is 6.18 Å². The topological polar surface area (TPSA) is 59.0 Å². The molecule has 1 aliphatic heterocycles. The summed E-state index contributed by atoms with van der Waals surface area (Å²) < 4.78 is 50.8. The van der Waals surface area contributed by atoms with E-state index >= 15 is 0 Å². The first-order valence-corrected chi connectivity index (χ1v) is 8.39. The van der Waals surface area contributed by atoms with Crippen LogP contribution < -0.4 is 4.90 Å². The van der Waals surface area contributed by atoms with Crippen LogP contribution in [0.4, 0.5) is 19.0 Å². The Bertz CT molecular complexity index is 714. The minimum absolute atomic E-state index is 0.00363. The number of alkyl halides is 3. The van der Waals surface area contributed by atoms with E-state index in [0.717, 1.165) is 6.07 Å². The second kappa shape index (κ2) is 6.23. The monoisotopic (exact) mass is 342 g/mol. The zero-order valence-corrected chi connectivity index (χ0v) is 12.8. The van der Waals surface area contributed by atoms with Gasteiger partial charge < -0.3 is 4.90 Å². The largest absolute Gasteiger partial charge is 0.433 e. The molecule has 2 aromatic heterocycles. The van der Waals surface area contributed by atoms with Gasteiger partial charge in [0.1, 0.15) is 5.82 Å². The molecule has 3 rings (SSSR count). The average molecular weight is 342 g/mol. The third-order valence-electron chi connectivity index (χ3n) is 3.44. The molecule has 2 aromatic rings. The number of pyridine rings is 1. The maximum absolute atomic E-state index is 13.1. The molecule has 5 nitrogen and oxygen atoms in total. The number of hydrogen-bond acceptors (Lipinski definition) is 5. The summed E-state index contributed by atoms with van der Waals surface area (Å²) in [5, 5.41) is 0. The van der Waals surface area contributed by atoms with Gasteiger partial charge in [0.25, 0.3) is 0 Å². The SMILES string of the molecule is O=S1CCN(c2cc(C(F)(F)F)nc(-c3ccncc3)n2)CC1. The van der Waals surface area contributed by atoms with E-state index in [1.54, 1.807) is 17.0 Å². The van der Waals surface area contributed by atoms with Gasteiger partial charge in [0.15, 0.2) is 11.5 Å². The van der Waals surface area contributed by atoms with E-state index in [9.17, 15) is 17.4 Å². The molecule has 0 aliphatic carbocycles. The molecule has 0 amide bonds. The molecular formula is C14H13F3N4OS. The molecule has 3 heterocycles. The van der Waals surface area contributed by atoms with Crippen LogP contribution in [0, 0.1) is 0 Å². The zero-order chi connectivity index (χ0) is 16.4. The van der Waals surface area contributed by atoms with Gasteiger partial charge in [-0.3, -0.25) is 9.19 Å². The third-order valence-corrected chi connectivity index (χ3v) is 4.72. The van der Waals surface area contributed by atoms with Gasteiger partial charge in [-0.05, 0) is 12.1 Å². The van der Waals surface area contributed by atoms with Gasteiger partial charge in [-0.2, -0.15) is 13.2 Å². The Labute approximate surface area is 133 Å². The quantitative estimate of drug-likeness (QED) is 0.837. The summed E-state index contributed by atoms with van der Waals surface area (Å²) in [6, 6.07) is 4.06. The summed E-state index contributed by atoms with van der Waals surface area (Å²) in [6.07, 6.45) is -1.61. The van der Waals surface area contributed by atoms with Crippen LogP contribution in [-0.4, -0.2) is 43.8 Å². The molecule has 0 bridgehead atoms. The first-order chi connectivity index (χ1) is 10.9. The molecule has 0 saturated carbocycles. The highest BCUT2D eigenvalue weighted by atomic mass is 32.2.